The first-order valence-corrected chi connectivity index (χ1v) is 7.16. The lowest BCUT2D eigenvalue weighted by Gasteiger charge is -2.23. The molecule has 1 saturated heterocycles. The maximum Gasteiger partial charge on any atom is 0.274 e. The number of furan rings is 1. The van der Waals surface area contributed by atoms with Gasteiger partial charge in [0.25, 0.3) is 5.91 Å². The minimum absolute atomic E-state index is 0.00577. The third-order valence-corrected chi connectivity index (χ3v) is 3.96. The molecule has 0 N–H and O–H groups in total. The highest BCUT2D eigenvalue weighted by Crippen LogP contribution is 2.34. The Labute approximate surface area is 122 Å². The molecule has 0 aliphatic carbocycles. The van der Waals surface area contributed by atoms with Crippen LogP contribution in [0.3, 0.4) is 0 Å². The second kappa shape index (κ2) is 5.32. The van der Waals surface area contributed by atoms with Crippen LogP contribution in [-0.4, -0.2) is 27.1 Å². The second-order valence-corrected chi connectivity index (χ2v) is 5.24. The standard InChI is InChI=1S/C14H16ClN3O2/c1-2-18-13(10(15)9-16-18)14(19)17-7-3-5-11(17)12-6-4-8-20-12/h4,6,8-9,11H,2-3,5,7H2,1H3/t11-/m1/s1. The quantitative estimate of drug-likeness (QED) is 0.873. The van der Waals surface area contributed by atoms with E-state index in [1.165, 1.54) is 6.20 Å². The number of amides is 1. The van der Waals surface area contributed by atoms with Gasteiger partial charge in [0.1, 0.15) is 11.5 Å². The zero-order valence-corrected chi connectivity index (χ0v) is 12.0. The van der Waals surface area contributed by atoms with Gasteiger partial charge < -0.3 is 9.32 Å². The van der Waals surface area contributed by atoms with Gasteiger partial charge in [-0.25, -0.2) is 0 Å². The summed E-state index contributed by atoms with van der Waals surface area (Å²) in [6.07, 6.45) is 5.04. The fourth-order valence-electron chi connectivity index (χ4n) is 2.74. The van der Waals surface area contributed by atoms with Gasteiger partial charge in [-0.1, -0.05) is 11.6 Å². The SMILES string of the molecule is CCn1ncc(Cl)c1C(=O)N1CCC[C@@H]1c1ccco1. The first-order valence-electron chi connectivity index (χ1n) is 6.78. The molecule has 2 aromatic heterocycles. The monoisotopic (exact) mass is 293 g/mol. The number of hydrogen-bond donors (Lipinski definition) is 0. The van der Waals surface area contributed by atoms with Crippen molar-refractivity contribution >= 4 is 17.5 Å². The predicted molar refractivity (Wildman–Crippen MR) is 74.6 cm³/mol. The van der Waals surface area contributed by atoms with E-state index in [2.05, 4.69) is 5.10 Å². The summed E-state index contributed by atoms with van der Waals surface area (Å²) in [6.45, 7) is 3.27. The van der Waals surface area contributed by atoms with Crippen molar-refractivity contribution in [3.63, 3.8) is 0 Å². The molecular formula is C14H16ClN3O2. The van der Waals surface area contributed by atoms with E-state index in [-0.39, 0.29) is 11.9 Å². The highest BCUT2D eigenvalue weighted by molar-refractivity contribution is 6.33. The summed E-state index contributed by atoms with van der Waals surface area (Å²) in [5, 5.41) is 4.53. The molecular weight excluding hydrogens is 278 g/mol. The third-order valence-electron chi connectivity index (χ3n) is 3.68. The molecule has 0 bridgehead atoms. The summed E-state index contributed by atoms with van der Waals surface area (Å²) < 4.78 is 7.09. The maximum atomic E-state index is 12.8. The molecule has 2 aromatic rings. The zero-order chi connectivity index (χ0) is 14.1. The molecule has 0 unspecified atom stereocenters. The van der Waals surface area contributed by atoms with Gasteiger partial charge in [0.2, 0.25) is 0 Å². The summed E-state index contributed by atoms with van der Waals surface area (Å²) in [7, 11) is 0. The summed E-state index contributed by atoms with van der Waals surface area (Å²) in [4.78, 5) is 14.6. The number of halogens is 1. The first-order chi connectivity index (χ1) is 9.72. The fraction of sp³-hybridized carbons (Fsp3) is 0.429. The van der Waals surface area contributed by atoms with E-state index in [4.69, 9.17) is 16.0 Å². The van der Waals surface area contributed by atoms with E-state index in [0.29, 0.717) is 17.3 Å². The van der Waals surface area contributed by atoms with Crippen molar-refractivity contribution in [3.05, 3.63) is 41.1 Å². The van der Waals surface area contributed by atoms with Gasteiger partial charge in [0, 0.05) is 13.1 Å². The molecule has 1 atom stereocenters. The van der Waals surface area contributed by atoms with E-state index < -0.39 is 0 Å². The lowest BCUT2D eigenvalue weighted by atomic mass is 10.1. The van der Waals surface area contributed by atoms with E-state index >= 15 is 0 Å². The van der Waals surface area contributed by atoms with E-state index in [0.717, 1.165) is 25.1 Å². The summed E-state index contributed by atoms with van der Waals surface area (Å²) >= 11 is 6.12. The van der Waals surface area contributed by atoms with Gasteiger partial charge in [-0.3, -0.25) is 9.48 Å². The number of aryl methyl sites for hydroxylation is 1. The average molecular weight is 294 g/mol. The smallest absolute Gasteiger partial charge is 0.274 e. The molecule has 3 rings (SSSR count). The van der Waals surface area contributed by atoms with Crippen LogP contribution in [0.15, 0.2) is 29.0 Å². The molecule has 5 nitrogen and oxygen atoms in total. The second-order valence-electron chi connectivity index (χ2n) is 4.83. The van der Waals surface area contributed by atoms with Crippen molar-refractivity contribution in [2.24, 2.45) is 0 Å². The molecule has 0 saturated carbocycles. The number of hydrogen-bond acceptors (Lipinski definition) is 3. The number of nitrogens with zero attached hydrogens (tertiary/aromatic N) is 3. The molecule has 0 radical (unpaired) electrons. The number of likely N-dealkylation sites (tertiary alicyclic amines) is 1. The van der Waals surface area contributed by atoms with Crippen molar-refractivity contribution in [1.29, 1.82) is 0 Å². The highest BCUT2D eigenvalue weighted by atomic mass is 35.5. The van der Waals surface area contributed by atoms with Crippen LogP contribution in [0.1, 0.15) is 42.1 Å². The van der Waals surface area contributed by atoms with Crippen LogP contribution in [-0.2, 0) is 6.54 Å². The van der Waals surface area contributed by atoms with Crippen LogP contribution in [0.2, 0.25) is 5.02 Å². The van der Waals surface area contributed by atoms with Gasteiger partial charge in [-0.2, -0.15) is 5.10 Å². The maximum absolute atomic E-state index is 12.8. The Morgan fingerprint density at radius 1 is 1.60 bits per heavy atom. The Hall–Kier alpha value is -1.75. The van der Waals surface area contributed by atoms with Crippen molar-refractivity contribution in [2.45, 2.75) is 32.4 Å². The van der Waals surface area contributed by atoms with Crippen LogP contribution >= 0.6 is 11.6 Å². The largest absolute Gasteiger partial charge is 0.467 e. The lowest BCUT2D eigenvalue weighted by Crippen LogP contribution is -2.32. The Morgan fingerprint density at radius 3 is 3.15 bits per heavy atom. The zero-order valence-electron chi connectivity index (χ0n) is 11.3. The number of aromatic nitrogens is 2. The predicted octanol–water partition coefficient (Wildman–Crippen LogP) is 3.13. The highest BCUT2D eigenvalue weighted by Gasteiger charge is 2.34. The Balaban J connectivity index is 1.91. The Morgan fingerprint density at radius 2 is 2.45 bits per heavy atom. The number of carbonyl (C=O) groups is 1. The first kappa shape index (κ1) is 13.2. The molecule has 106 valence electrons. The topological polar surface area (TPSA) is 51.3 Å². The number of carbonyl (C=O) groups excluding carboxylic acids is 1. The van der Waals surface area contributed by atoms with Crippen LogP contribution in [0.4, 0.5) is 0 Å². The molecule has 1 amide bonds. The molecule has 6 heteroatoms. The molecule has 20 heavy (non-hydrogen) atoms. The van der Waals surface area contributed by atoms with Gasteiger partial charge in [0.05, 0.1) is 23.5 Å². The molecule has 3 heterocycles. The lowest BCUT2D eigenvalue weighted by molar-refractivity contribution is 0.0707. The molecule has 0 aromatic carbocycles. The van der Waals surface area contributed by atoms with E-state index in [1.807, 2.05) is 24.0 Å². The van der Waals surface area contributed by atoms with Crippen LogP contribution in [0.5, 0.6) is 0 Å². The summed E-state index contributed by atoms with van der Waals surface area (Å²) in [6, 6.07) is 3.75. The van der Waals surface area contributed by atoms with Crippen LogP contribution in [0.25, 0.3) is 0 Å². The van der Waals surface area contributed by atoms with Gasteiger partial charge >= 0.3 is 0 Å². The average Bonchev–Trinajstić information content (AvgIpc) is 3.17. The van der Waals surface area contributed by atoms with Gasteiger partial charge in [0.15, 0.2) is 0 Å². The van der Waals surface area contributed by atoms with E-state index in [9.17, 15) is 4.79 Å². The van der Waals surface area contributed by atoms with Crippen LogP contribution < -0.4 is 0 Å². The van der Waals surface area contributed by atoms with Crippen molar-refractivity contribution in [1.82, 2.24) is 14.7 Å². The molecule has 1 fully saturated rings. The van der Waals surface area contributed by atoms with Crippen molar-refractivity contribution < 1.29 is 9.21 Å². The summed E-state index contributed by atoms with van der Waals surface area (Å²) in [5.74, 6) is 0.753. The minimum atomic E-state index is -0.0757. The molecule has 0 spiro atoms. The van der Waals surface area contributed by atoms with Crippen molar-refractivity contribution in [3.8, 4) is 0 Å². The van der Waals surface area contributed by atoms with Gasteiger partial charge in [-0.15, -0.1) is 0 Å². The third kappa shape index (κ3) is 2.12. The summed E-state index contributed by atoms with van der Waals surface area (Å²) in [5.41, 5.74) is 0.465. The van der Waals surface area contributed by atoms with Crippen LogP contribution in [0, 0.1) is 0 Å². The Bertz CT molecular complexity index is 606. The molecule has 1 aliphatic heterocycles. The fourth-order valence-corrected chi connectivity index (χ4v) is 2.96. The number of rotatable bonds is 3. The van der Waals surface area contributed by atoms with E-state index in [1.54, 1.807) is 10.9 Å². The Kier molecular flexibility index (Phi) is 3.53. The molecule has 1 aliphatic rings. The van der Waals surface area contributed by atoms with Crippen molar-refractivity contribution in [2.75, 3.05) is 6.54 Å². The van der Waals surface area contributed by atoms with Gasteiger partial charge in [-0.05, 0) is 31.9 Å². The minimum Gasteiger partial charge on any atom is -0.467 e. The normalized spacial score (nSPS) is 18.7.